The number of halogens is 1. The van der Waals surface area contributed by atoms with Crippen molar-refractivity contribution in [2.24, 2.45) is 0 Å². The monoisotopic (exact) mass is 404 g/mol. The Morgan fingerprint density at radius 1 is 0.897 bits per heavy atom. The summed E-state index contributed by atoms with van der Waals surface area (Å²) in [6.07, 6.45) is 0.811. The van der Waals surface area contributed by atoms with Crippen molar-refractivity contribution >= 4 is 40.0 Å². The normalized spacial score (nSPS) is 10.6. The number of para-hydroxylation sites is 4. The van der Waals surface area contributed by atoms with Crippen molar-refractivity contribution in [2.75, 3.05) is 7.11 Å². The summed E-state index contributed by atoms with van der Waals surface area (Å²) >= 11 is 5.62. The maximum atomic E-state index is 10.9. The fraction of sp³-hybridized carbons (Fsp3) is 0.0455. The number of fused-ring (bicyclic) bond motifs is 2. The molecule has 0 saturated carbocycles. The van der Waals surface area contributed by atoms with Gasteiger partial charge in [-0.05, 0) is 54.1 Å². The molecule has 144 valence electrons. The van der Waals surface area contributed by atoms with Crippen LogP contribution < -0.4 is 4.74 Å². The van der Waals surface area contributed by atoms with Crippen LogP contribution in [-0.2, 0) is 0 Å². The average Bonchev–Trinajstić information content (AvgIpc) is 3.36. The molecule has 5 aromatic rings. The van der Waals surface area contributed by atoms with Crippen LogP contribution in [0.25, 0.3) is 33.5 Å². The number of ether oxygens (including phenoxy) is 1. The van der Waals surface area contributed by atoms with Crippen molar-refractivity contribution in [1.82, 2.24) is 19.9 Å². The fourth-order valence-electron chi connectivity index (χ4n) is 2.99. The summed E-state index contributed by atoms with van der Waals surface area (Å²) in [7, 11) is 1.60. The Kier molecular flexibility index (Phi) is 5.27. The SMILES string of the molecule is COc1ccc(C=O)cc1-c1nc2ccccc2[nH]1.Clc1nc2ccccc2[nH]1. The third-order valence-corrected chi connectivity index (χ3v) is 4.54. The molecule has 7 heteroatoms. The molecule has 29 heavy (non-hydrogen) atoms. The number of H-pyrrole nitrogens is 2. The van der Waals surface area contributed by atoms with Crippen molar-refractivity contribution < 1.29 is 9.53 Å². The molecule has 0 unspecified atom stereocenters. The van der Waals surface area contributed by atoms with E-state index in [1.165, 1.54) is 0 Å². The zero-order chi connectivity index (χ0) is 20.2. The van der Waals surface area contributed by atoms with Gasteiger partial charge in [-0.1, -0.05) is 24.3 Å². The summed E-state index contributed by atoms with van der Waals surface area (Å²) < 4.78 is 5.32. The Balaban J connectivity index is 0.000000171. The van der Waals surface area contributed by atoms with Crippen LogP contribution in [0, 0.1) is 0 Å². The molecule has 0 atom stereocenters. The van der Waals surface area contributed by atoms with Gasteiger partial charge in [-0.15, -0.1) is 0 Å². The van der Waals surface area contributed by atoms with Gasteiger partial charge in [0.05, 0.1) is 34.7 Å². The molecule has 2 aromatic heterocycles. The number of aromatic amines is 2. The van der Waals surface area contributed by atoms with Crippen LogP contribution in [0.4, 0.5) is 0 Å². The zero-order valence-electron chi connectivity index (χ0n) is 15.5. The van der Waals surface area contributed by atoms with E-state index in [9.17, 15) is 4.79 Å². The highest BCUT2D eigenvalue weighted by Crippen LogP contribution is 2.30. The van der Waals surface area contributed by atoms with Gasteiger partial charge in [-0.2, -0.15) is 0 Å². The van der Waals surface area contributed by atoms with Crippen LogP contribution in [-0.4, -0.2) is 33.3 Å². The van der Waals surface area contributed by atoms with Crippen LogP contribution in [0.5, 0.6) is 5.75 Å². The summed E-state index contributed by atoms with van der Waals surface area (Å²) in [5, 5.41) is 0.446. The van der Waals surface area contributed by atoms with Crippen molar-refractivity contribution in [3.8, 4) is 17.1 Å². The standard InChI is InChI=1S/C15H12N2O2.C7H5ClN2/c1-19-14-7-6-10(9-18)8-11(14)15-16-12-4-2-3-5-13(12)17-15;8-7-9-5-3-1-2-4-6(5)10-7/h2-9H,1H3,(H,16,17);1-4H,(H,9,10). The van der Waals surface area contributed by atoms with Gasteiger partial charge in [0.1, 0.15) is 17.9 Å². The van der Waals surface area contributed by atoms with Gasteiger partial charge in [-0.25, -0.2) is 9.97 Å². The quantitative estimate of drug-likeness (QED) is 0.401. The van der Waals surface area contributed by atoms with Crippen LogP contribution >= 0.6 is 11.6 Å². The molecule has 2 N–H and O–H groups in total. The molecule has 0 fully saturated rings. The van der Waals surface area contributed by atoms with Crippen LogP contribution in [0.2, 0.25) is 5.28 Å². The molecular weight excluding hydrogens is 388 g/mol. The van der Waals surface area contributed by atoms with Gasteiger partial charge in [0.25, 0.3) is 0 Å². The summed E-state index contributed by atoms with van der Waals surface area (Å²) in [4.78, 5) is 25.6. The summed E-state index contributed by atoms with van der Waals surface area (Å²) in [5.41, 5.74) is 5.10. The minimum atomic E-state index is 0.446. The lowest BCUT2D eigenvalue weighted by atomic mass is 10.1. The van der Waals surface area contributed by atoms with E-state index < -0.39 is 0 Å². The first-order valence-electron chi connectivity index (χ1n) is 8.86. The highest BCUT2D eigenvalue weighted by atomic mass is 35.5. The maximum Gasteiger partial charge on any atom is 0.201 e. The topological polar surface area (TPSA) is 83.7 Å². The Morgan fingerprint density at radius 2 is 1.55 bits per heavy atom. The van der Waals surface area contributed by atoms with E-state index in [1.807, 2.05) is 48.5 Å². The van der Waals surface area contributed by atoms with Gasteiger partial charge in [-0.3, -0.25) is 4.79 Å². The minimum Gasteiger partial charge on any atom is -0.496 e. The second kappa shape index (κ2) is 8.16. The fourth-order valence-corrected chi connectivity index (χ4v) is 3.18. The summed E-state index contributed by atoms with van der Waals surface area (Å²) in [5.74, 6) is 1.38. The van der Waals surface area contributed by atoms with E-state index in [0.29, 0.717) is 22.4 Å². The second-order valence-electron chi connectivity index (χ2n) is 6.22. The van der Waals surface area contributed by atoms with Gasteiger partial charge in [0.15, 0.2) is 0 Å². The number of nitrogens with one attached hydrogen (secondary N) is 2. The number of nitrogens with zero attached hydrogens (tertiary/aromatic N) is 2. The van der Waals surface area contributed by atoms with Crippen molar-refractivity contribution in [1.29, 1.82) is 0 Å². The molecule has 0 aliphatic carbocycles. The highest BCUT2D eigenvalue weighted by Gasteiger charge is 2.11. The molecule has 0 spiro atoms. The lowest BCUT2D eigenvalue weighted by molar-refractivity contribution is 0.112. The predicted octanol–water partition coefficient (Wildman–Crippen LogP) is 5.27. The molecule has 5 rings (SSSR count). The van der Waals surface area contributed by atoms with Gasteiger partial charge < -0.3 is 14.7 Å². The molecule has 0 aliphatic rings. The molecule has 0 amide bonds. The number of rotatable bonds is 3. The first-order valence-corrected chi connectivity index (χ1v) is 9.24. The number of carbonyl (C=O) groups excluding carboxylic acids is 1. The molecule has 3 aromatic carbocycles. The van der Waals surface area contributed by atoms with Crippen LogP contribution in [0.3, 0.4) is 0 Å². The number of carbonyl (C=O) groups is 1. The molecule has 0 saturated heterocycles. The Bertz CT molecular complexity index is 1230. The van der Waals surface area contributed by atoms with Crippen molar-refractivity contribution in [3.63, 3.8) is 0 Å². The Morgan fingerprint density at radius 3 is 2.17 bits per heavy atom. The first-order chi connectivity index (χ1) is 14.2. The van der Waals surface area contributed by atoms with Crippen molar-refractivity contribution in [2.45, 2.75) is 0 Å². The number of aromatic nitrogens is 4. The maximum absolute atomic E-state index is 10.9. The molecule has 0 radical (unpaired) electrons. The predicted molar refractivity (Wildman–Crippen MR) is 115 cm³/mol. The number of imidazole rings is 2. The number of methoxy groups -OCH3 is 1. The van der Waals surface area contributed by atoms with E-state index in [0.717, 1.165) is 33.9 Å². The molecule has 0 bridgehead atoms. The van der Waals surface area contributed by atoms with Gasteiger partial charge >= 0.3 is 0 Å². The molecular formula is C22H17ClN4O2. The van der Waals surface area contributed by atoms with E-state index in [2.05, 4.69) is 19.9 Å². The van der Waals surface area contributed by atoms with E-state index in [1.54, 1.807) is 25.3 Å². The van der Waals surface area contributed by atoms with E-state index >= 15 is 0 Å². The summed E-state index contributed by atoms with van der Waals surface area (Å²) in [6, 6.07) is 20.8. The lowest BCUT2D eigenvalue weighted by Gasteiger charge is -2.06. The zero-order valence-corrected chi connectivity index (χ0v) is 16.3. The Labute approximate surface area is 171 Å². The highest BCUT2D eigenvalue weighted by molar-refractivity contribution is 6.29. The van der Waals surface area contributed by atoms with Crippen molar-refractivity contribution in [3.05, 3.63) is 77.6 Å². The van der Waals surface area contributed by atoms with Crippen LogP contribution in [0.1, 0.15) is 10.4 Å². The second-order valence-corrected chi connectivity index (χ2v) is 6.58. The van der Waals surface area contributed by atoms with Crippen LogP contribution in [0.15, 0.2) is 66.7 Å². The third kappa shape index (κ3) is 3.97. The smallest absolute Gasteiger partial charge is 0.201 e. The van der Waals surface area contributed by atoms with E-state index in [4.69, 9.17) is 16.3 Å². The van der Waals surface area contributed by atoms with E-state index in [-0.39, 0.29) is 0 Å². The summed E-state index contributed by atoms with van der Waals surface area (Å²) in [6.45, 7) is 0. The van der Waals surface area contributed by atoms with Gasteiger partial charge in [0, 0.05) is 5.56 Å². The third-order valence-electron chi connectivity index (χ3n) is 4.36. The molecule has 6 nitrogen and oxygen atoms in total. The lowest BCUT2D eigenvalue weighted by Crippen LogP contribution is -1.91. The minimum absolute atomic E-state index is 0.446. The number of hydrogen-bond donors (Lipinski definition) is 2. The molecule has 0 aliphatic heterocycles. The number of hydrogen-bond acceptors (Lipinski definition) is 4. The largest absolute Gasteiger partial charge is 0.496 e. The molecule has 2 heterocycles. The Hall–Kier alpha value is -3.64. The number of benzene rings is 3. The average molecular weight is 405 g/mol. The first kappa shape index (κ1) is 18.7. The number of aldehydes is 1. The van der Waals surface area contributed by atoms with Gasteiger partial charge in [0.2, 0.25) is 5.28 Å².